The van der Waals surface area contributed by atoms with Crippen molar-refractivity contribution in [3.63, 3.8) is 0 Å². The first-order chi connectivity index (χ1) is 17.5. The SMILES string of the molecule is CCCCc1ccc(C2CCC(CCc3ccc(C4=CCC(CCC)CC4)c(F)c3F)CC2)c(F)c1. The predicted molar refractivity (Wildman–Crippen MR) is 145 cm³/mol. The van der Waals surface area contributed by atoms with Crippen molar-refractivity contribution in [1.29, 1.82) is 0 Å². The van der Waals surface area contributed by atoms with Gasteiger partial charge in [0.1, 0.15) is 5.82 Å². The van der Waals surface area contributed by atoms with E-state index >= 15 is 0 Å². The van der Waals surface area contributed by atoms with Crippen LogP contribution in [-0.4, -0.2) is 0 Å². The van der Waals surface area contributed by atoms with Crippen molar-refractivity contribution in [2.45, 2.75) is 110 Å². The number of hydrogen-bond acceptors (Lipinski definition) is 0. The summed E-state index contributed by atoms with van der Waals surface area (Å²) >= 11 is 0. The molecule has 2 aromatic rings. The van der Waals surface area contributed by atoms with Crippen LogP contribution in [0.3, 0.4) is 0 Å². The summed E-state index contributed by atoms with van der Waals surface area (Å²) < 4.78 is 44.7. The van der Waals surface area contributed by atoms with Crippen LogP contribution in [0.2, 0.25) is 0 Å². The predicted octanol–water partition coefficient (Wildman–Crippen LogP) is 10.3. The van der Waals surface area contributed by atoms with Crippen LogP contribution in [0, 0.1) is 29.3 Å². The third kappa shape index (κ3) is 6.64. The maximum atomic E-state index is 15.0. The first kappa shape index (κ1) is 27.0. The first-order valence-electron chi connectivity index (χ1n) is 14.4. The second-order valence-corrected chi connectivity index (χ2v) is 11.3. The van der Waals surface area contributed by atoms with Crippen LogP contribution in [0.5, 0.6) is 0 Å². The van der Waals surface area contributed by atoms with Gasteiger partial charge in [0.25, 0.3) is 0 Å². The summed E-state index contributed by atoms with van der Waals surface area (Å²) in [6.07, 6.45) is 16.0. The lowest BCUT2D eigenvalue weighted by molar-refractivity contribution is 0.305. The molecule has 36 heavy (non-hydrogen) atoms. The molecule has 0 spiro atoms. The van der Waals surface area contributed by atoms with E-state index in [1.54, 1.807) is 18.2 Å². The van der Waals surface area contributed by atoms with E-state index in [-0.39, 0.29) is 11.7 Å². The lowest BCUT2D eigenvalue weighted by atomic mass is 9.76. The van der Waals surface area contributed by atoms with Gasteiger partial charge in [0, 0.05) is 5.56 Å². The molecule has 0 heterocycles. The Bertz CT molecular complexity index is 1030. The van der Waals surface area contributed by atoms with Crippen molar-refractivity contribution in [3.8, 4) is 0 Å². The molecule has 0 nitrogen and oxygen atoms in total. The van der Waals surface area contributed by atoms with Gasteiger partial charge in [-0.15, -0.1) is 0 Å². The van der Waals surface area contributed by atoms with E-state index in [1.807, 2.05) is 6.07 Å². The van der Waals surface area contributed by atoms with Gasteiger partial charge in [0.2, 0.25) is 0 Å². The Morgan fingerprint density at radius 1 is 0.778 bits per heavy atom. The zero-order chi connectivity index (χ0) is 25.5. The van der Waals surface area contributed by atoms with Crippen molar-refractivity contribution < 1.29 is 13.2 Å². The molecular weight excluding hydrogens is 453 g/mol. The third-order valence-electron chi connectivity index (χ3n) is 8.72. The van der Waals surface area contributed by atoms with Crippen molar-refractivity contribution in [2.75, 3.05) is 0 Å². The van der Waals surface area contributed by atoms with Crippen LogP contribution in [0.4, 0.5) is 13.2 Å². The summed E-state index contributed by atoms with van der Waals surface area (Å²) in [6, 6.07) is 9.41. The number of hydrogen-bond donors (Lipinski definition) is 0. The Kier molecular flexibility index (Phi) is 9.73. The number of allylic oxidation sites excluding steroid dienone is 2. The average molecular weight is 497 g/mol. The lowest BCUT2D eigenvalue weighted by Crippen LogP contribution is -2.15. The first-order valence-corrected chi connectivity index (χ1v) is 14.4. The normalized spacial score (nSPS) is 22.5. The van der Waals surface area contributed by atoms with Gasteiger partial charge in [0.05, 0.1) is 0 Å². The molecule has 4 rings (SSSR count). The number of aryl methyl sites for hydroxylation is 2. The van der Waals surface area contributed by atoms with Gasteiger partial charge >= 0.3 is 0 Å². The van der Waals surface area contributed by atoms with Crippen LogP contribution < -0.4 is 0 Å². The summed E-state index contributed by atoms with van der Waals surface area (Å²) in [4.78, 5) is 0. The van der Waals surface area contributed by atoms with Gasteiger partial charge in [-0.2, -0.15) is 0 Å². The number of unbranched alkanes of at least 4 members (excludes halogenated alkanes) is 1. The van der Waals surface area contributed by atoms with Gasteiger partial charge in [-0.05, 0) is 117 Å². The largest absolute Gasteiger partial charge is 0.207 e. The summed E-state index contributed by atoms with van der Waals surface area (Å²) in [7, 11) is 0. The molecule has 0 radical (unpaired) electrons. The second kappa shape index (κ2) is 13.0. The Balaban J connectivity index is 1.30. The average Bonchev–Trinajstić information content (AvgIpc) is 2.90. The Labute approximate surface area is 216 Å². The van der Waals surface area contributed by atoms with E-state index in [4.69, 9.17) is 0 Å². The maximum absolute atomic E-state index is 15.0. The van der Waals surface area contributed by atoms with Crippen molar-refractivity contribution >= 4 is 5.57 Å². The molecule has 0 aromatic heterocycles. The molecule has 1 saturated carbocycles. The van der Waals surface area contributed by atoms with E-state index in [0.29, 0.717) is 29.4 Å². The molecule has 0 bridgehead atoms. The highest BCUT2D eigenvalue weighted by Gasteiger charge is 2.25. The summed E-state index contributed by atoms with van der Waals surface area (Å²) in [5.41, 5.74) is 3.86. The molecule has 3 heteroatoms. The molecule has 1 fully saturated rings. The van der Waals surface area contributed by atoms with E-state index in [0.717, 1.165) is 87.3 Å². The monoisotopic (exact) mass is 496 g/mol. The fourth-order valence-corrected chi connectivity index (χ4v) is 6.39. The zero-order valence-electron chi connectivity index (χ0n) is 22.2. The Morgan fingerprint density at radius 2 is 1.58 bits per heavy atom. The number of halogens is 3. The van der Waals surface area contributed by atoms with Crippen LogP contribution in [0.1, 0.15) is 119 Å². The highest BCUT2D eigenvalue weighted by atomic mass is 19.2. The van der Waals surface area contributed by atoms with Gasteiger partial charge in [-0.1, -0.05) is 63.5 Å². The number of rotatable bonds is 10. The minimum absolute atomic E-state index is 0.0568. The van der Waals surface area contributed by atoms with Gasteiger partial charge < -0.3 is 0 Å². The smallest absolute Gasteiger partial charge is 0.166 e. The second-order valence-electron chi connectivity index (χ2n) is 11.3. The van der Waals surface area contributed by atoms with Crippen molar-refractivity contribution in [1.82, 2.24) is 0 Å². The Morgan fingerprint density at radius 3 is 2.25 bits per heavy atom. The summed E-state index contributed by atoms with van der Waals surface area (Å²) in [5.74, 6) is 0.0565. The number of benzene rings is 2. The van der Waals surface area contributed by atoms with Gasteiger partial charge in [0.15, 0.2) is 11.6 Å². The summed E-state index contributed by atoms with van der Waals surface area (Å²) in [5, 5.41) is 0. The molecular formula is C33H43F3. The van der Waals surface area contributed by atoms with Gasteiger partial charge in [-0.25, -0.2) is 13.2 Å². The minimum Gasteiger partial charge on any atom is -0.207 e. The molecule has 0 N–H and O–H groups in total. The molecule has 0 saturated heterocycles. The molecule has 1 atom stereocenters. The van der Waals surface area contributed by atoms with Crippen LogP contribution in [-0.2, 0) is 12.8 Å². The highest BCUT2D eigenvalue weighted by Crippen LogP contribution is 2.39. The fraction of sp³-hybridized carbons (Fsp3) is 0.576. The van der Waals surface area contributed by atoms with E-state index in [2.05, 4.69) is 26.0 Å². The standard InChI is InChI=1S/C33H43F3/c1-3-5-7-25-13-20-29(31(34)22-25)26-14-10-24(11-15-26)12-18-28-19-21-30(33(36)32(28)35)27-16-8-23(6-4-2)9-17-27/h13,16,19-24,26H,3-12,14-15,17-18H2,1-2H3. The zero-order valence-corrected chi connectivity index (χ0v) is 22.2. The van der Waals surface area contributed by atoms with Crippen LogP contribution >= 0.6 is 0 Å². The molecule has 0 amide bonds. The Hall–Kier alpha value is -2.03. The highest BCUT2D eigenvalue weighted by molar-refractivity contribution is 5.67. The molecule has 196 valence electrons. The molecule has 2 aromatic carbocycles. The topological polar surface area (TPSA) is 0 Å². The van der Waals surface area contributed by atoms with E-state index in [9.17, 15) is 13.2 Å². The summed E-state index contributed by atoms with van der Waals surface area (Å²) in [6.45, 7) is 4.35. The van der Waals surface area contributed by atoms with Gasteiger partial charge in [-0.3, -0.25) is 0 Å². The van der Waals surface area contributed by atoms with Crippen LogP contribution in [0.15, 0.2) is 36.4 Å². The lowest BCUT2D eigenvalue weighted by Gasteiger charge is -2.29. The van der Waals surface area contributed by atoms with E-state index < -0.39 is 11.6 Å². The van der Waals surface area contributed by atoms with Crippen molar-refractivity contribution in [3.05, 3.63) is 76.1 Å². The van der Waals surface area contributed by atoms with Crippen molar-refractivity contribution in [2.24, 2.45) is 11.8 Å². The maximum Gasteiger partial charge on any atom is 0.166 e. The minimum atomic E-state index is -0.672. The molecule has 1 unspecified atom stereocenters. The van der Waals surface area contributed by atoms with E-state index in [1.165, 1.54) is 12.8 Å². The molecule has 2 aliphatic carbocycles. The molecule has 0 aliphatic heterocycles. The molecule has 2 aliphatic rings. The quantitative estimate of drug-likeness (QED) is 0.307. The third-order valence-corrected chi connectivity index (χ3v) is 8.72. The fourth-order valence-electron chi connectivity index (χ4n) is 6.39. The van der Waals surface area contributed by atoms with Crippen LogP contribution in [0.25, 0.3) is 5.57 Å².